The number of amides is 2. The number of hydrogen-bond donors (Lipinski definition) is 2. The highest BCUT2D eigenvalue weighted by Gasteiger charge is 2.13. The molecule has 2 rings (SSSR count). The molecule has 0 radical (unpaired) electrons. The van der Waals surface area contributed by atoms with Crippen molar-refractivity contribution in [3.05, 3.63) is 48.0 Å². The van der Waals surface area contributed by atoms with Crippen LogP contribution in [0.5, 0.6) is 0 Å². The van der Waals surface area contributed by atoms with Crippen LogP contribution in [-0.2, 0) is 4.79 Å². The first-order valence-corrected chi connectivity index (χ1v) is 6.51. The highest BCUT2D eigenvalue weighted by molar-refractivity contribution is 5.94. The van der Waals surface area contributed by atoms with Crippen molar-refractivity contribution >= 4 is 11.8 Å². The molecular formula is C15H15FN2O3. The van der Waals surface area contributed by atoms with Gasteiger partial charge in [-0.1, -0.05) is 0 Å². The fourth-order valence-corrected chi connectivity index (χ4v) is 1.74. The average Bonchev–Trinajstić information content (AvgIpc) is 2.96. The highest BCUT2D eigenvalue weighted by atomic mass is 19.1. The van der Waals surface area contributed by atoms with Crippen LogP contribution in [0.4, 0.5) is 4.39 Å². The third-order valence-corrected chi connectivity index (χ3v) is 2.74. The Morgan fingerprint density at radius 3 is 2.48 bits per heavy atom. The maximum Gasteiger partial charge on any atom is 0.287 e. The Morgan fingerprint density at radius 1 is 1.10 bits per heavy atom. The number of benzene rings is 1. The van der Waals surface area contributed by atoms with Gasteiger partial charge in [0.25, 0.3) is 5.91 Å². The minimum atomic E-state index is -0.477. The molecule has 0 spiro atoms. The molecule has 2 amide bonds. The molecule has 1 heterocycles. The van der Waals surface area contributed by atoms with Crippen LogP contribution in [0, 0.1) is 5.82 Å². The molecule has 0 aliphatic rings. The van der Waals surface area contributed by atoms with Crippen molar-refractivity contribution in [3.8, 4) is 11.3 Å². The van der Waals surface area contributed by atoms with Crippen LogP contribution in [0.3, 0.4) is 0 Å². The second-order valence-electron chi connectivity index (χ2n) is 4.31. The van der Waals surface area contributed by atoms with Gasteiger partial charge in [-0.3, -0.25) is 9.59 Å². The van der Waals surface area contributed by atoms with Gasteiger partial charge in [0.15, 0.2) is 5.76 Å². The van der Waals surface area contributed by atoms with E-state index in [0.717, 1.165) is 0 Å². The summed E-state index contributed by atoms with van der Waals surface area (Å²) in [6, 6.07) is 8.87. The van der Waals surface area contributed by atoms with Gasteiger partial charge in [0, 0.05) is 12.1 Å². The molecule has 2 aromatic rings. The maximum atomic E-state index is 12.8. The first-order valence-electron chi connectivity index (χ1n) is 6.51. The summed E-state index contributed by atoms with van der Waals surface area (Å²) in [5.41, 5.74) is 0.666. The van der Waals surface area contributed by atoms with Crippen LogP contribution in [0.25, 0.3) is 11.3 Å². The number of hydrogen-bond acceptors (Lipinski definition) is 3. The van der Waals surface area contributed by atoms with Gasteiger partial charge in [-0.25, -0.2) is 4.39 Å². The third kappa shape index (κ3) is 3.92. The lowest BCUT2D eigenvalue weighted by Crippen LogP contribution is -2.36. The summed E-state index contributed by atoms with van der Waals surface area (Å²) in [5, 5.41) is 5.02. The minimum absolute atomic E-state index is 0.0959. The lowest BCUT2D eigenvalue weighted by molar-refractivity contribution is -0.120. The molecule has 0 aliphatic carbocycles. The number of nitrogens with one attached hydrogen (secondary N) is 2. The topological polar surface area (TPSA) is 71.3 Å². The van der Waals surface area contributed by atoms with Gasteiger partial charge in [0.05, 0.1) is 6.54 Å². The Kier molecular flexibility index (Phi) is 4.71. The number of rotatable bonds is 5. The van der Waals surface area contributed by atoms with E-state index in [2.05, 4.69) is 10.6 Å². The fraction of sp³-hybridized carbons (Fsp3) is 0.200. The first-order chi connectivity index (χ1) is 10.1. The van der Waals surface area contributed by atoms with Gasteiger partial charge in [0.1, 0.15) is 11.6 Å². The van der Waals surface area contributed by atoms with E-state index in [0.29, 0.717) is 17.9 Å². The Balaban J connectivity index is 2.00. The van der Waals surface area contributed by atoms with E-state index in [1.165, 1.54) is 18.2 Å². The van der Waals surface area contributed by atoms with Crippen LogP contribution in [-0.4, -0.2) is 24.9 Å². The molecule has 0 atom stereocenters. The predicted octanol–water partition coefficient (Wildman–Crippen LogP) is 1.95. The van der Waals surface area contributed by atoms with Crippen LogP contribution in [0.1, 0.15) is 17.5 Å². The molecule has 1 aromatic heterocycles. The SMILES string of the molecule is CCNC(=O)CNC(=O)c1ccc(-c2ccc(F)cc2)o1. The van der Waals surface area contributed by atoms with Crippen molar-refractivity contribution in [1.29, 1.82) is 0 Å². The van der Waals surface area contributed by atoms with Crippen molar-refractivity contribution in [3.63, 3.8) is 0 Å². The lowest BCUT2D eigenvalue weighted by Gasteiger charge is -2.03. The molecule has 5 nitrogen and oxygen atoms in total. The number of likely N-dealkylation sites (N-methyl/N-ethyl adjacent to an activating group) is 1. The van der Waals surface area contributed by atoms with Gasteiger partial charge in [0.2, 0.25) is 5.91 Å². The largest absolute Gasteiger partial charge is 0.451 e. The summed E-state index contributed by atoms with van der Waals surface area (Å²) in [5.74, 6) is -0.534. The van der Waals surface area contributed by atoms with Gasteiger partial charge in [-0.05, 0) is 43.3 Å². The summed E-state index contributed by atoms with van der Waals surface area (Å²) in [7, 11) is 0. The number of halogens is 1. The summed E-state index contributed by atoms with van der Waals surface area (Å²) in [4.78, 5) is 23.1. The quantitative estimate of drug-likeness (QED) is 0.884. The molecule has 2 N–H and O–H groups in total. The molecule has 110 valence electrons. The lowest BCUT2D eigenvalue weighted by atomic mass is 10.2. The molecule has 0 bridgehead atoms. The molecule has 1 aromatic carbocycles. The van der Waals surface area contributed by atoms with Crippen LogP contribution in [0.15, 0.2) is 40.8 Å². The monoisotopic (exact) mass is 290 g/mol. The summed E-state index contributed by atoms with van der Waals surface area (Å²) < 4.78 is 18.2. The molecule has 0 aliphatic heterocycles. The van der Waals surface area contributed by atoms with Gasteiger partial charge in [-0.2, -0.15) is 0 Å². The second kappa shape index (κ2) is 6.69. The molecule has 6 heteroatoms. The Hall–Kier alpha value is -2.63. The van der Waals surface area contributed by atoms with Crippen LogP contribution < -0.4 is 10.6 Å². The molecular weight excluding hydrogens is 275 g/mol. The Labute approximate surface area is 121 Å². The van der Waals surface area contributed by atoms with Crippen molar-refractivity contribution in [2.45, 2.75) is 6.92 Å². The molecule has 0 fully saturated rings. The van der Waals surface area contributed by atoms with Crippen molar-refractivity contribution < 1.29 is 18.4 Å². The number of carbonyl (C=O) groups is 2. The Bertz CT molecular complexity index is 635. The van der Waals surface area contributed by atoms with Crippen LogP contribution >= 0.6 is 0 Å². The van der Waals surface area contributed by atoms with E-state index in [-0.39, 0.29) is 24.0 Å². The van der Waals surface area contributed by atoms with Crippen molar-refractivity contribution in [2.24, 2.45) is 0 Å². The first kappa shape index (κ1) is 14.8. The smallest absolute Gasteiger partial charge is 0.287 e. The number of carbonyl (C=O) groups excluding carboxylic acids is 2. The zero-order chi connectivity index (χ0) is 15.2. The third-order valence-electron chi connectivity index (χ3n) is 2.74. The van der Waals surface area contributed by atoms with E-state index in [9.17, 15) is 14.0 Å². The standard InChI is InChI=1S/C15H15FN2O3/c1-2-17-14(19)9-18-15(20)13-8-7-12(21-13)10-3-5-11(16)6-4-10/h3-8H,2,9H2,1H3,(H,17,19)(H,18,20). The minimum Gasteiger partial charge on any atom is -0.451 e. The normalized spacial score (nSPS) is 10.2. The Morgan fingerprint density at radius 2 is 1.81 bits per heavy atom. The van der Waals surface area contributed by atoms with Crippen molar-refractivity contribution in [2.75, 3.05) is 13.1 Å². The van der Waals surface area contributed by atoms with E-state index >= 15 is 0 Å². The van der Waals surface area contributed by atoms with Crippen molar-refractivity contribution in [1.82, 2.24) is 10.6 Å². The summed E-state index contributed by atoms with van der Waals surface area (Å²) in [6.45, 7) is 2.19. The van der Waals surface area contributed by atoms with E-state index in [4.69, 9.17) is 4.42 Å². The van der Waals surface area contributed by atoms with E-state index < -0.39 is 5.91 Å². The highest BCUT2D eigenvalue weighted by Crippen LogP contribution is 2.22. The van der Waals surface area contributed by atoms with Crippen LogP contribution in [0.2, 0.25) is 0 Å². The van der Waals surface area contributed by atoms with E-state index in [1.807, 2.05) is 0 Å². The molecule has 0 saturated heterocycles. The summed E-state index contributed by atoms with van der Waals surface area (Å²) >= 11 is 0. The van der Waals surface area contributed by atoms with Gasteiger partial charge < -0.3 is 15.1 Å². The van der Waals surface area contributed by atoms with E-state index in [1.54, 1.807) is 25.1 Å². The van der Waals surface area contributed by atoms with Gasteiger partial charge >= 0.3 is 0 Å². The molecule has 21 heavy (non-hydrogen) atoms. The maximum absolute atomic E-state index is 12.8. The second-order valence-corrected chi connectivity index (χ2v) is 4.31. The van der Waals surface area contributed by atoms with Gasteiger partial charge in [-0.15, -0.1) is 0 Å². The number of furan rings is 1. The zero-order valence-corrected chi connectivity index (χ0v) is 11.5. The predicted molar refractivity (Wildman–Crippen MR) is 75.1 cm³/mol. The average molecular weight is 290 g/mol. The molecule has 0 saturated carbocycles. The zero-order valence-electron chi connectivity index (χ0n) is 11.5. The fourth-order valence-electron chi connectivity index (χ4n) is 1.74. The molecule has 0 unspecified atom stereocenters. The summed E-state index contributed by atoms with van der Waals surface area (Å²) in [6.07, 6.45) is 0.